The molecule has 2 aromatic carbocycles. The Kier molecular flexibility index (Phi) is 6.57. The predicted octanol–water partition coefficient (Wildman–Crippen LogP) is 3.49. The molecule has 0 radical (unpaired) electrons. The average molecular weight is 340 g/mol. The summed E-state index contributed by atoms with van der Waals surface area (Å²) in [5.74, 6) is 0.324. The van der Waals surface area contributed by atoms with Gasteiger partial charge in [0.1, 0.15) is 12.3 Å². The molecule has 2 aromatic rings. The maximum absolute atomic E-state index is 12.7. The van der Waals surface area contributed by atoms with E-state index in [0.29, 0.717) is 17.9 Å². The third kappa shape index (κ3) is 5.08. The van der Waals surface area contributed by atoms with Crippen LogP contribution in [-0.4, -0.2) is 36.9 Å². The number of nitrogens with one attached hydrogen (secondary N) is 1. The van der Waals surface area contributed by atoms with Crippen molar-refractivity contribution in [3.8, 4) is 5.75 Å². The van der Waals surface area contributed by atoms with E-state index in [4.69, 9.17) is 4.74 Å². The van der Waals surface area contributed by atoms with Crippen molar-refractivity contribution < 1.29 is 14.3 Å². The van der Waals surface area contributed by atoms with Crippen molar-refractivity contribution in [2.45, 2.75) is 20.3 Å². The van der Waals surface area contributed by atoms with Gasteiger partial charge in [0.2, 0.25) is 5.91 Å². The van der Waals surface area contributed by atoms with Gasteiger partial charge in [0.25, 0.3) is 5.91 Å². The molecular weight excluding hydrogens is 316 g/mol. The Balaban J connectivity index is 2.07. The summed E-state index contributed by atoms with van der Waals surface area (Å²) in [5, 5.41) is 2.87. The Hall–Kier alpha value is -2.82. The zero-order valence-corrected chi connectivity index (χ0v) is 14.9. The van der Waals surface area contributed by atoms with Crippen LogP contribution >= 0.6 is 0 Å². The van der Waals surface area contributed by atoms with Gasteiger partial charge in [-0.05, 0) is 49.2 Å². The number of amides is 2. The third-order valence-corrected chi connectivity index (χ3v) is 3.87. The molecule has 1 N–H and O–H groups in total. The molecule has 5 nitrogen and oxygen atoms in total. The second-order valence-electron chi connectivity index (χ2n) is 5.82. The lowest BCUT2D eigenvalue weighted by molar-refractivity contribution is -0.116. The molecule has 2 rings (SSSR count). The highest BCUT2D eigenvalue weighted by Crippen LogP contribution is 2.15. The van der Waals surface area contributed by atoms with E-state index in [9.17, 15) is 9.59 Å². The van der Waals surface area contributed by atoms with Crippen LogP contribution in [-0.2, 0) is 4.79 Å². The first-order valence-corrected chi connectivity index (χ1v) is 8.34. The minimum absolute atomic E-state index is 0.0209. The molecule has 0 saturated heterocycles. The third-order valence-electron chi connectivity index (χ3n) is 3.87. The summed E-state index contributed by atoms with van der Waals surface area (Å²) >= 11 is 0. The quantitative estimate of drug-likeness (QED) is 0.839. The number of hydrogen-bond donors (Lipinski definition) is 1. The lowest BCUT2D eigenvalue weighted by Crippen LogP contribution is -2.38. The summed E-state index contributed by atoms with van der Waals surface area (Å²) in [4.78, 5) is 26.6. The SMILES string of the molecule is CCCN(CC(=O)Nc1ccccc1C)C(=O)c1ccc(OC)cc1. The largest absolute Gasteiger partial charge is 0.497 e. The maximum Gasteiger partial charge on any atom is 0.254 e. The number of aryl methyl sites for hydroxylation is 1. The first-order chi connectivity index (χ1) is 12.0. The number of anilines is 1. The summed E-state index contributed by atoms with van der Waals surface area (Å²) in [6.07, 6.45) is 0.777. The fourth-order valence-corrected chi connectivity index (χ4v) is 2.51. The van der Waals surface area contributed by atoms with Gasteiger partial charge in [0.05, 0.1) is 7.11 Å². The molecule has 132 valence electrons. The number of para-hydroxylation sites is 1. The van der Waals surface area contributed by atoms with Crippen LogP contribution in [0.4, 0.5) is 5.69 Å². The van der Waals surface area contributed by atoms with Gasteiger partial charge in [-0.2, -0.15) is 0 Å². The van der Waals surface area contributed by atoms with Crippen LogP contribution in [0.2, 0.25) is 0 Å². The van der Waals surface area contributed by atoms with E-state index in [0.717, 1.165) is 17.7 Å². The number of ether oxygens (including phenoxy) is 1. The van der Waals surface area contributed by atoms with Gasteiger partial charge in [-0.15, -0.1) is 0 Å². The van der Waals surface area contributed by atoms with E-state index in [-0.39, 0.29) is 18.4 Å². The summed E-state index contributed by atoms with van der Waals surface area (Å²) in [6.45, 7) is 4.45. The van der Waals surface area contributed by atoms with Crippen molar-refractivity contribution in [3.63, 3.8) is 0 Å². The monoisotopic (exact) mass is 340 g/mol. The Morgan fingerprint density at radius 3 is 2.36 bits per heavy atom. The lowest BCUT2D eigenvalue weighted by Gasteiger charge is -2.22. The highest BCUT2D eigenvalue weighted by atomic mass is 16.5. The molecular formula is C20H24N2O3. The molecule has 0 unspecified atom stereocenters. The van der Waals surface area contributed by atoms with Crippen LogP contribution in [0.3, 0.4) is 0 Å². The maximum atomic E-state index is 12.7. The molecule has 2 amide bonds. The van der Waals surface area contributed by atoms with Gasteiger partial charge in [-0.25, -0.2) is 0 Å². The summed E-state index contributed by atoms with van der Waals surface area (Å²) in [7, 11) is 1.58. The fourth-order valence-electron chi connectivity index (χ4n) is 2.51. The second-order valence-corrected chi connectivity index (χ2v) is 5.82. The Bertz CT molecular complexity index is 726. The number of nitrogens with zero attached hydrogens (tertiary/aromatic N) is 1. The molecule has 0 saturated carbocycles. The van der Waals surface area contributed by atoms with Crippen molar-refractivity contribution in [2.24, 2.45) is 0 Å². The summed E-state index contributed by atoms with van der Waals surface area (Å²) < 4.78 is 5.11. The number of carbonyl (C=O) groups is 2. The van der Waals surface area contributed by atoms with E-state index in [1.807, 2.05) is 38.1 Å². The lowest BCUT2D eigenvalue weighted by atomic mass is 10.1. The highest BCUT2D eigenvalue weighted by molar-refractivity contribution is 5.99. The first kappa shape index (κ1) is 18.5. The normalized spacial score (nSPS) is 10.2. The van der Waals surface area contributed by atoms with E-state index < -0.39 is 0 Å². The zero-order chi connectivity index (χ0) is 18.2. The minimum atomic E-state index is -0.204. The van der Waals surface area contributed by atoms with Gasteiger partial charge in [-0.3, -0.25) is 9.59 Å². The molecule has 0 aliphatic carbocycles. The fraction of sp³-hybridized carbons (Fsp3) is 0.300. The Morgan fingerprint density at radius 1 is 1.08 bits per heavy atom. The van der Waals surface area contributed by atoms with E-state index in [1.54, 1.807) is 36.3 Å². The summed E-state index contributed by atoms with van der Waals surface area (Å²) in [6, 6.07) is 14.5. The Labute approximate surface area is 148 Å². The predicted molar refractivity (Wildman–Crippen MR) is 99.0 cm³/mol. The van der Waals surface area contributed by atoms with E-state index in [2.05, 4.69) is 5.32 Å². The van der Waals surface area contributed by atoms with Crippen molar-refractivity contribution >= 4 is 17.5 Å². The Morgan fingerprint density at radius 2 is 1.76 bits per heavy atom. The molecule has 0 aromatic heterocycles. The number of carbonyl (C=O) groups excluding carboxylic acids is 2. The van der Waals surface area contributed by atoms with Crippen LogP contribution < -0.4 is 10.1 Å². The molecule has 0 aliphatic heterocycles. The number of benzene rings is 2. The van der Waals surface area contributed by atoms with Gasteiger partial charge < -0.3 is 15.0 Å². The first-order valence-electron chi connectivity index (χ1n) is 8.34. The smallest absolute Gasteiger partial charge is 0.254 e. The van der Waals surface area contributed by atoms with Gasteiger partial charge in [-0.1, -0.05) is 25.1 Å². The van der Waals surface area contributed by atoms with Crippen molar-refractivity contribution in [3.05, 3.63) is 59.7 Å². The molecule has 0 fully saturated rings. The molecule has 25 heavy (non-hydrogen) atoms. The molecule has 0 aliphatic rings. The van der Waals surface area contributed by atoms with Crippen molar-refractivity contribution in [1.29, 1.82) is 0 Å². The summed E-state index contributed by atoms with van der Waals surface area (Å²) in [5.41, 5.74) is 2.29. The topological polar surface area (TPSA) is 58.6 Å². The highest BCUT2D eigenvalue weighted by Gasteiger charge is 2.18. The van der Waals surface area contributed by atoms with Crippen molar-refractivity contribution in [1.82, 2.24) is 4.90 Å². The standard InChI is InChI=1S/C20H24N2O3/c1-4-13-22(20(24)16-9-11-17(25-3)12-10-16)14-19(23)21-18-8-6-5-7-15(18)2/h5-12H,4,13-14H2,1-3H3,(H,21,23). The molecule has 0 spiro atoms. The number of hydrogen-bond acceptors (Lipinski definition) is 3. The molecule has 5 heteroatoms. The number of methoxy groups -OCH3 is 1. The molecule has 0 bridgehead atoms. The van der Waals surface area contributed by atoms with Crippen LogP contribution in [0.15, 0.2) is 48.5 Å². The minimum Gasteiger partial charge on any atom is -0.497 e. The van der Waals surface area contributed by atoms with Crippen LogP contribution in [0.5, 0.6) is 5.75 Å². The van der Waals surface area contributed by atoms with Crippen molar-refractivity contribution in [2.75, 3.05) is 25.5 Å². The molecule has 0 atom stereocenters. The van der Waals surface area contributed by atoms with E-state index >= 15 is 0 Å². The van der Waals surface area contributed by atoms with Gasteiger partial charge in [0.15, 0.2) is 0 Å². The van der Waals surface area contributed by atoms with Gasteiger partial charge in [0, 0.05) is 17.8 Å². The van der Waals surface area contributed by atoms with Crippen LogP contribution in [0.25, 0.3) is 0 Å². The van der Waals surface area contributed by atoms with E-state index in [1.165, 1.54) is 0 Å². The number of rotatable bonds is 7. The van der Waals surface area contributed by atoms with Crippen LogP contribution in [0, 0.1) is 6.92 Å². The van der Waals surface area contributed by atoms with Gasteiger partial charge >= 0.3 is 0 Å². The average Bonchev–Trinajstić information content (AvgIpc) is 2.63. The van der Waals surface area contributed by atoms with Crippen LogP contribution in [0.1, 0.15) is 29.3 Å². The second kappa shape index (κ2) is 8.87. The zero-order valence-electron chi connectivity index (χ0n) is 14.9. The molecule has 0 heterocycles.